The maximum atomic E-state index is 11.0. The van der Waals surface area contributed by atoms with Gasteiger partial charge in [-0.3, -0.25) is 4.98 Å². The van der Waals surface area contributed by atoms with E-state index in [2.05, 4.69) is 25.1 Å². The fourth-order valence-electron chi connectivity index (χ4n) is 1.10. The molecule has 2 aromatic rings. The van der Waals surface area contributed by atoms with Crippen LogP contribution >= 0.6 is 0 Å². The van der Waals surface area contributed by atoms with Gasteiger partial charge in [0, 0.05) is 18.0 Å². The van der Waals surface area contributed by atoms with E-state index in [9.17, 15) is 4.79 Å². The number of nitrogens with zero attached hydrogens (tertiary/aromatic N) is 5. The van der Waals surface area contributed by atoms with Gasteiger partial charge < -0.3 is 4.74 Å². The van der Waals surface area contributed by atoms with Crippen LogP contribution in [0.3, 0.4) is 0 Å². The molecule has 2 heterocycles. The number of esters is 1. The van der Waals surface area contributed by atoms with Crippen LogP contribution in [0.15, 0.2) is 24.5 Å². The van der Waals surface area contributed by atoms with E-state index in [1.54, 1.807) is 18.5 Å². The normalized spacial score (nSPS) is 10.1. The summed E-state index contributed by atoms with van der Waals surface area (Å²) in [6.07, 6.45) is 3.28. The van der Waals surface area contributed by atoms with Crippen LogP contribution in [-0.2, 0) is 16.1 Å². The number of hydrogen-bond donors (Lipinski definition) is 0. The minimum absolute atomic E-state index is 0.0518. The van der Waals surface area contributed by atoms with Crippen LogP contribution in [0.2, 0.25) is 0 Å². The third kappa shape index (κ3) is 2.19. The average molecular weight is 219 g/mol. The number of tetrazole rings is 1. The molecule has 0 aliphatic rings. The molecule has 0 unspecified atom stereocenters. The van der Waals surface area contributed by atoms with Crippen molar-refractivity contribution in [1.29, 1.82) is 0 Å². The molecule has 0 aliphatic heterocycles. The maximum Gasteiger partial charge on any atom is 0.329 e. The van der Waals surface area contributed by atoms with E-state index < -0.39 is 5.97 Å². The average Bonchev–Trinajstić information content (AvgIpc) is 2.78. The molecule has 0 saturated heterocycles. The summed E-state index contributed by atoms with van der Waals surface area (Å²) in [5, 5.41) is 11.6. The quantitative estimate of drug-likeness (QED) is 0.671. The topological polar surface area (TPSA) is 82.8 Å². The van der Waals surface area contributed by atoms with E-state index in [0.717, 1.165) is 5.56 Å². The van der Waals surface area contributed by atoms with Crippen molar-refractivity contribution in [3.05, 3.63) is 24.5 Å². The summed E-state index contributed by atoms with van der Waals surface area (Å²) >= 11 is 0. The lowest BCUT2D eigenvalue weighted by molar-refractivity contribution is -0.141. The standard InChI is InChI=1S/C9H9N5O2/c1-16-8(15)6-14-12-9(11-13-14)7-3-2-4-10-5-7/h2-5H,6H2,1H3. The van der Waals surface area contributed by atoms with Crippen LogP contribution in [0.4, 0.5) is 0 Å². The third-order valence-electron chi connectivity index (χ3n) is 1.87. The van der Waals surface area contributed by atoms with Crippen LogP contribution < -0.4 is 0 Å². The predicted molar refractivity (Wildman–Crippen MR) is 53.1 cm³/mol. The molecular weight excluding hydrogens is 210 g/mol. The Hall–Kier alpha value is -2.31. The van der Waals surface area contributed by atoms with Crippen LogP contribution in [0.5, 0.6) is 0 Å². The fraction of sp³-hybridized carbons (Fsp3) is 0.222. The van der Waals surface area contributed by atoms with Crippen molar-refractivity contribution < 1.29 is 9.53 Å². The van der Waals surface area contributed by atoms with Gasteiger partial charge >= 0.3 is 5.97 Å². The molecule has 0 amide bonds. The van der Waals surface area contributed by atoms with Gasteiger partial charge in [0.2, 0.25) is 5.82 Å². The zero-order chi connectivity index (χ0) is 11.4. The first-order chi connectivity index (χ1) is 7.79. The Morgan fingerprint density at radius 2 is 2.44 bits per heavy atom. The van der Waals surface area contributed by atoms with Crippen LogP contribution in [0.1, 0.15) is 0 Å². The molecule has 0 N–H and O–H groups in total. The van der Waals surface area contributed by atoms with Gasteiger partial charge in [-0.25, -0.2) is 4.79 Å². The molecule has 0 fully saturated rings. The molecule has 16 heavy (non-hydrogen) atoms. The van der Waals surface area contributed by atoms with Crippen LogP contribution in [0, 0.1) is 0 Å². The molecule has 0 saturated carbocycles. The second kappa shape index (κ2) is 4.47. The van der Waals surface area contributed by atoms with Crippen molar-refractivity contribution in [3.63, 3.8) is 0 Å². The SMILES string of the molecule is COC(=O)Cn1nnc(-c2cccnc2)n1. The molecule has 0 aromatic carbocycles. The lowest BCUT2D eigenvalue weighted by Crippen LogP contribution is -2.14. The summed E-state index contributed by atoms with van der Waals surface area (Å²) in [6.45, 7) is -0.0518. The number of carbonyl (C=O) groups is 1. The van der Waals surface area contributed by atoms with E-state index in [1.807, 2.05) is 6.07 Å². The van der Waals surface area contributed by atoms with E-state index >= 15 is 0 Å². The summed E-state index contributed by atoms with van der Waals surface area (Å²) in [4.78, 5) is 16.1. The van der Waals surface area contributed by atoms with E-state index in [-0.39, 0.29) is 6.54 Å². The summed E-state index contributed by atoms with van der Waals surface area (Å²) in [5.74, 6) is 0.00661. The molecule has 0 radical (unpaired) electrons. The minimum atomic E-state index is -0.421. The number of methoxy groups -OCH3 is 1. The van der Waals surface area contributed by atoms with Gasteiger partial charge in [0.15, 0.2) is 6.54 Å². The predicted octanol–water partition coefficient (Wildman–Crippen LogP) is -0.0919. The third-order valence-corrected chi connectivity index (χ3v) is 1.87. The largest absolute Gasteiger partial charge is 0.468 e. The van der Waals surface area contributed by atoms with Crippen molar-refractivity contribution in [2.75, 3.05) is 7.11 Å². The Kier molecular flexibility index (Phi) is 2.86. The fourth-order valence-corrected chi connectivity index (χ4v) is 1.10. The summed E-state index contributed by atoms with van der Waals surface area (Å²) < 4.78 is 4.49. The summed E-state index contributed by atoms with van der Waals surface area (Å²) in [6, 6.07) is 3.59. The van der Waals surface area contributed by atoms with Gasteiger partial charge in [-0.05, 0) is 17.3 Å². The highest BCUT2D eigenvalue weighted by Crippen LogP contribution is 2.09. The van der Waals surface area contributed by atoms with Gasteiger partial charge in [-0.1, -0.05) is 0 Å². The van der Waals surface area contributed by atoms with Gasteiger partial charge in [-0.15, -0.1) is 10.2 Å². The highest BCUT2D eigenvalue weighted by atomic mass is 16.5. The highest BCUT2D eigenvalue weighted by Gasteiger charge is 2.08. The van der Waals surface area contributed by atoms with Gasteiger partial charge in [-0.2, -0.15) is 4.80 Å². The molecule has 82 valence electrons. The Labute approximate surface area is 91.1 Å². The van der Waals surface area contributed by atoms with Crippen molar-refractivity contribution >= 4 is 5.97 Å². The molecule has 2 aromatic heterocycles. The second-order valence-corrected chi connectivity index (χ2v) is 2.96. The molecule has 0 aliphatic carbocycles. The lowest BCUT2D eigenvalue weighted by Gasteiger charge is -1.95. The molecule has 7 nitrogen and oxygen atoms in total. The number of ether oxygens (including phenoxy) is 1. The van der Waals surface area contributed by atoms with Crippen molar-refractivity contribution in [3.8, 4) is 11.4 Å². The van der Waals surface area contributed by atoms with E-state index in [4.69, 9.17) is 0 Å². The molecule has 0 bridgehead atoms. The Morgan fingerprint density at radius 3 is 3.12 bits per heavy atom. The van der Waals surface area contributed by atoms with Crippen molar-refractivity contribution in [2.24, 2.45) is 0 Å². The van der Waals surface area contributed by atoms with Gasteiger partial charge in [0.05, 0.1) is 7.11 Å². The molecule has 0 atom stereocenters. The van der Waals surface area contributed by atoms with E-state index in [0.29, 0.717) is 5.82 Å². The number of carbonyl (C=O) groups excluding carboxylic acids is 1. The highest BCUT2D eigenvalue weighted by molar-refractivity contribution is 5.68. The zero-order valence-electron chi connectivity index (χ0n) is 8.57. The number of hydrogen-bond acceptors (Lipinski definition) is 6. The van der Waals surface area contributed by atoms with Gasteiger partial charge in [0.25, 0.3) is 0 Å². The Morgan fingerprint density at radius 1 is 1.56 bits per heavy atom. The lowest BCUT2D eigenvalue weighted by atomic mass is 10.3. The Bertz CT molecular complexity index is 482. The first kappa shape index (κ1) is 10.2. The number of aromatic nitrogens is 5. The number of rotatable bonds is 3. The first-order valence-electron chi connectivity index (χ1n) is 4.54. The molecule has 2 rings (SSSR count). The molecule has 0 spiro atoms. The summed E-state index contributed by atoms with van der Waals surface area (Å²) in [5.41, 5.74) is 0.749. The van der Waals surface area contributed by atoms with Crippen molar-refractivity contribution in [1.82, 2.24) is 25.2 Å². The maximum absolute atomic E-state index is 11.0. The minimum Gasteiger partial charge on any atom is -0.468 e. The summed E-state index contributed by atoms with van der Waals surface area (Å²) in [7, 11) is 1.31. The monoisotopic (exact) mass is 219 g/mol. The smallest absolute Gasteiger partial charge is 0.329 e. The zero-order valence-corrected chi connectivity index (χ0v) is 8.57. The first-order valence-corrected chi connectivity index (χ1v) is 4.54. The van der Waals surface area contributed by atoms with Crippen LogP contribution in [0.25, 0.3) is 11.4 Å². The molecular formula is C9H9N5O2. The van der Waals surface area contributed by atoms with Crippen LogP contribution in [-0.4, -0.2) is 38.3 Å². The van der Waals surface area contributed by atoms with Crippen molar-refractivity contribution in [2.45, 2.75) is 6.54 Å². The van der Waals surface area contributed by atoms with Gasteiger partial charge in [0.1, 0.15) is 0 Å². The second-order valence-electron chi connectivity index (χ2n) is 2.96. The molecule has 7 heteroatoms. The Balaban J connectivity index is 2.17. The van der Waals surface area contributed by atoms with E-state index in [1.165, 1.54) is 11.9 Å². The number of pyridine rings is 1.